The third kappa shape index (κ3) is 7.35. The summed E-state index contributed by atoms with van der Waals surface area (Å²) in [6, 6.07) is -0.701. The van der Waals surface area contributed by atoms with Crippen molar-refractivity contribution in [2.24, 2.45) is 5.73 Å². The molecule has 0 heterocycles. The van der Waals surface area contributed by atoms with Crippen LogP contribution in [0.15, 0.2) is 0 Å². The van der Waals surface area contributed by atoms with Gasteiger partial charge >= 0.3 is 5.97 Å². The van der Waals surface area contributed by atoms with E-state index < -0.39 is 12.0 Å². The average Bonchev–Trinajstić information content (AvgIpc) is 2.10. The topological polar surface area (TPSA) is 63.3 Å². The van der Waals surface area contributed by atoms with Crippen LogP contribution in [0.2, 0.25) is 0 Å². The molecule has 3 heteroatoms. The van der Waals surface area contributed by atoms with Crippen molar-refractivity contribution in [3.63, 3.8) is 0 Å². The van der Waals surface area contributed by atoms with Crippen LogP contribution in [-0.2, 0) is 4.79 Å². The first-order valence-corrected chi connectivity index (χ1v) is 4.60. The van der Waals surface area contributed by atoms with E-state index in [1.54, 1.807) is 0 Å². The van der Waals surface area contributed by atoms with Gasteiger partial charge in [0.15, 0.2) is 0 Å². The lowest BCUT2D eigenvalue weighted by Gasteiger charge is -2.04. The van der Waals surface area contributed by atoms with Gasteiger partial charge in [-0.15, -0.1) is 12.3 Å². The molecule has 0 spiro atoms. The molecule has 3 N–H and O–H groups in total. The van der Waals surface area contributed by atoms with Gasteiger partial charge in [0.2, 0.25) is 0 Å². The highest BCUT2D eigenvalue weighted by Gasteiger charge is 2.09. The molecule has 1 atom stereocenters. The van der Waals surface area contributed by atoms with Crippen LogP contribution in [0.3, 0.4) is 0 Å². The monoisotopic (exact) mass is 183 g/mol. The molecular formula is C10H17NO2. The highest BCUT2D eigenvalue weighted by molar-refractivity contribution is 5.72. The van der Waals surface area contributed by atoms with Crippen molar-refractivity contribution in [3.05, 3.63) is 0 Å². The van der Waals surface area contributed by atoms with Gasteiger partial charge in [-0.25, -0.2) is 0 Å². The summed E-state index contributed by atoms with van der Waals surface area (Å²) in [6.07, 6.45) is 10.4. The predicted molar refractivity (Wildman–Crippen MR) is 52.1 cm³/mol. The largest absolute Gasteiger partial charge is 0.480 e. The fraction of sp³-hybridized carbons (Fsp3) is 0.700. The zero-order valence-corrected chi connectivity index (χ0v) is 7.83. The lowest BCUT2D eigenvalue weighted by atomic mass is 10.1. The summed E-state index contributed by atoms with van der Waals surface area (Å²) in [6.45, 7) is 0. The number of carboxylic acids is 1. The zero-order chi connectivity index (χ0) is 10.1. The van der Waals surface area contributed by atoms with Gasteiger partial charge < -0.3 is 10.8 Å². The van der Waals surface area contributed by atoms with Crippen molar-refractivity contribution in [3.8, 4) is 12.3 Å². The minimum atomic E-state index is -0.913. The number of carbonyl (C=O) groups is 1. The van der Waals surface area contributed by atoms with Crippen LogP contribution < -0.4 is 5.73 Å². The van der Waals surface area contributed by atoms with E-state index in [-0.39, 0.29) is 0 Å². The first-order valence-electron chi connectivity index (χ1n) is 4.60. The van der Waals surface area contributed by atoms with Gasteiger partial charge in [-0.3, -0.25) is 4.79 Å². The molecular weight excluding hydrogens is 166 g/mol. The van der Waals surface area contributed by atoms with Crippen LogP contribution in [0.4, 0.5) is 0 Å². The maximum absolute atomic E-state index is 10.3. The summed E-state index contributed by atoms with van der Waals surface area (Å²) < 4.78 is 0. The van der Waals surface area contributed by atoms with E-state index in [9.17, 15) is 4.79 Å². The molecule has 0 aromatic carbocycles. The average molecular weight is 183 g/mol. The van der Waals surface area contributed by atoms with Crippen molar-refractivity contribution < 1.29 is 9.90 Å². The van der Waals surface area contributed by atoms with Crippen LogP contribution in [0.5, 0.6) is 0 Å². The van der Waals surface area contributed by atoms with Gasteiger partial charge in [0.1, 0.15) is 6.04 Å². The second-order valence-electron chi connectivity index (χ2n) is 3.10. The van der Waals surface area contributed by atoms with E-state index in [1.807, 2.05) is 0 Å². The summed E-state index contributed by atoms with van der Waals surface area (Å²) in [7, 11) is 0. The van der Waals surface area contributed by atoms with Gasteiger partial charge in [-0.1, -0.05) is 19.3 Å². The summed E-state index contributed by atoms with van der Waals surface area (Å²) in [5, 5.41) is 8.47. The molecule has 13 heavy (non-hydrogen) atoms. The Labute approximate surface area is 79.3 Å². The van der Waals surface area contributed by atoms with Gasteiger partial charge in [-0.2, -0.15) is 0 Å². The molecule has 0 aromatic rings. The van der Waals surface area contributed by atoms with Crippen molar-refractivity contribution >= 4 is 5.97 Å². The number of hydrogen-bond donors (Lipinski definition) is 2. The predicted octanol–water partition coefficient (Wildman–Crippen LogP) is 1.37. The second-order valence-corrected chi connectivity index (χ2v) is 3.10. The fourth-order valence-electron chi connectivity index (χ4n) is 1.07. The third-order valence-corrected chi connectivity index (χ3v) is 1.90. The van der Waals surface area contributed by atoms with Crippen LogP contribution in [-0.4, -0.2) is 17.1 Å². The second kappa shape index (κ2) is 7.63. The number of rotatable bonds is 7. The summed E-state index contributed by atoms with van der Waals surface area (Å²) in [4.78, 5) is 10.3. The first kappa shape index (κ1) is 12.0. The number of terminal acetylenes is 1. The number of aliphatic carboxylic acids is 1. The van der Waals surface area contributed by atoms with Crippen molar-refractivity contribution in [1.29, 1.82) is 0 Å². The van der Waals surface area contributed by atoms with Crippen LogP contribution in [0.25, 0.3) is 0 Å². The highest BCUT2D eigenvalue weighted by Crippen LogP contribution is 2.06. The van der Waals surface area contributed by atoms with Gasteiger partial charge in [0.25, 0.3) is 0 Å². The SMILES string of the molecule is C#CCCCCCCC(N)C(=O)O. The number of hydrogen-bond acceptors (Lipinski definition) is 2. The Balaban J connectivity index is 3.17. The highest BCUT2D eigenvalue weighted by atomic mass is 16.4. The van der Waals surface area contributed by atoms with E-state index in [1.165, 1.54) is 0 Å². The van der Waals surface area contributed by atoms with E-state index >= 15 is 0 Å². The van der Waals surface area contributed by atoms with Crippen molar-refractivity contribution in [2.75, 3.05) is 0 Å². The Bertz CT molecular complexity index is 184. The van der Waals surface area contributed by atoms with E-state index in [0.29, 0.717) is 6.42 Å². The van der Waals surface area contributed by atoms with Gasteiger partial charge in [0, 0.05) is 6.42 Å². The summed E-state index contributed by atoms with van der Waals surface area (Å²) in [5.41, 5.74) is 5.33. The van der Waals surface area contributed by atoms with Crippen LogP contribution in [0, 0.1) is 12.3 Å². The van der Waals surface area contributed by atoms with Crippen molar-refractivity contribution in [2.45, 2.75) is 44.6 Å². The normalized spacial score (nSPS) is 12.0. The van der Waals surface area contributed by atoms with Crippen LogP contribution in [0.1, 0.15) is 38.5 Å². The molecule has 0 fully saturated rings. The van der Waals surface area contributed by atoms with E-state index in [0.717, 1.165) is 32.1 Å². The third-order valence-electron chi connectivity index (χ3n) is 1.90. The Morgan fingerprint density at radius 2 is 2.00 bits per heavy atom. The molecule has 0 aromatic heterocycles. The minimum absolute atomic E-state index is 0.561. The quantitative estimate of drug-likeness (QED) is 0.463. The molecule has 0 radical (unpaired) electrons. The minimum Gasteiger partial charge on any atom is -0.480 e. The molecule has 0 aliphatic carbocycles. The van der Waals surface area contributed by atoms with Gasteiger partial charge in [-0.05, 0) is 12.8 Å². The molecule has 0 bridgehead atoms. The standard InChI is InChI=1S/C10H17NO2/c1-2-3-4-5-6-7-8-9(11)10(12)13/h1,9H,3-8,11H2,(H,12,13). The summed E-state index contributed by atoms with van der Waals surface area (Å²) in [5.74, 6) is 1.65. The fourth-order valence-corrected chi connectivity index (χ4v) is 1.07. The van der Waals surface area contributed by atoms with Crippen LogP contribution >= 0.6 is 0 Å². The van der Waals surface area contributed by atoms with Gasteiger partial charge in [0.05, 0.1) is 0 Å². The van der Waals surface area contributed by atoms with Crippen molar-refractivity contribution in [1.82, 2.24) is 0 Å². The molecule has 0 aliphatic rings. The molecule has 0 saturated heterocycles. The van der Waals surface area contributed by atoms with E-state index in [2.05, 4.69) is 5.92 Å². The Kier molecular flexibility index (Phi) is 7.04. The molecule has 0 amide bonds. The molecule has 0 rings (SSSR count). The molecule has 74 valence electrons. The Morgan fingerprint density at radius 1 is 1.38 bits per heavy atom. The number of unbranched alkanes of at least 4 members (excludes halogenated alkanes) is 4. The molecule has 1 unspecified atom stereocenters. The summed E-state index contributed by atoms with van der Waals surface area (Å²) >= 11 is 0. The smallest absolute Gasteiger partial charge is 0.320 e. The molecule has 3 nitrogen and oxygen atoms in total. The maximum Gasteiger partial charge on any atom is 0.320 e. The lowest BCUT2D eigenvalue weighted by molar-refractivity contribution is -0.138. The number of nitrogens with two attached hydrogens (primary N) is 1. The zero-order valence-electron chi connectivity index (χ0n) is 7.83. The number of carboxylic acid groups (broad SMARTS) is 1. The Morgan fingerprint density at radius 3 is 2.54 bits per heavy atom. The molecule has 0 saturated carbocycles. The maximum atomic E-state index is 10.3. The first-order chi connectivity index (χ1) is 6.18. The lowest BCUT2D eigenvalue weighted by Crippen LogP contribution is -2.29. The Hall–Kier alpha value is -1.01. The molecule has 0 aliphatic heterocycles. The van der Waals surface area contributed by atoms with E-state index in [4.69, 9.17) is 17.3 Å².